The zero-order valence-electron chi connectivity index (χ0n) is 17.5. The Labute approximate surface area is 180 Å². The number of rotatable bonds is 6. The van der Waals surface area contributed by atoms with E-state index in [4.69, 9.17) is 9.15 Å². The fourth-order valence-electron chi connectivity index (χ4n) is 4.12. The van der Waals surface area contributed by atoms with E-state index in [2.05, 4.69) is 29.3 Å². The van der Waals surface area contributed by atoms with Gasteiger partial charge in [0, 0.05) is 11.1 Å². The maximum Gasteiger partial charge on any atom is 0.273 e. The number of aryl methyl sites for hydroxylation is 1. The minimum atomic E-state index is -0.279. The quantitative estimate of drug-likeness (QED) is 0.476. The minimum absolute atomic E-state index is 0.0869. The first-order valence-electron chi connectivity index (χ1n) is 10.4. The molecule has 0 bridgehead atoms. The molecule has 0 radical (unpaired) electrons. The molecule has 0 fully saturated rings. The van der Waals surface area contributed by atoms with E-state index in [1.54, 1.807) is 6.26 Å². The second kappa shape index (κ2) is 7.80. The lowest BCUT2D eigenvalue weighted by Gasteiger charge is -2.25. The SMILES string of the molecule is CCOc1ccc(C2c3c(-c4ccc(C)cc4)n[nH]c3C(=O)N2Cc2ccco2)cc1. The van der Waals surface area contributed by atoms with Gasteiger partial charge < -0.3 is 14.1 Å². The van der Waals surface area contributed by atoms with Gasteiger partial charge in [0.15, 0.2) is 0 Å². The first kappa shape index (κ1) is 19.2. The Morgan fingerprint density at radius 3 is 2.55 bits per heavy atom. The molecule has 0 saturated carbocycles. The van der Waals surface area contributed by atoms with E-state index in [0.29, 0.717) is 18.8 Å². The maximum absolute atomic E-state index is 13.4. The Kier molecular flexibility index (Phi) is 4.82. The van der Waals surface area contributed by atoms with Crippen molar-refractivity contribution in [3.05, 3.63) is 95.1 Å². The molecule has 1 amide bonds. The summed E-state index contributed by atoms with van der Waals surface area (Å²) in [5.41, 5.74) is 5.37. The molecule has 0 aliphatic carbocycles. The van der Waals surface area contributed by atoms with Gasteiger partial charge >= 0.3 is 0 Å². The van der Waals surface area contributed by atoms with Crippen molar-refractivity contribution in [2.24, 2.45) is 0 Å². The fourth-order valence-corrected chi connectivity index (χ4v) is 4.12. The Morgan fingerprint density at radius 1 is 1.10 bits per heavy atom. The fraction of sp³-hybridized carbons (Fsp3) is 0.200. The molecule has 4 aromatic rings. The molecular weight excluding hydrogens is 390 g/mol. The second-order valence-corrected chi connectivity index (χ2v) is 7.64. The third kappa shape index (κ3) is 3.40. The molecule has 31 heavy (non-hydrogen) atoms. The van der Waals surface area contributed by atoms with Gasteiger partial charge in [0.05, 0.1) is 31.2 Å². The maximum atomic E-state index is 13.4. The van der Waals surface area contributed by atoms with Gasteiger partial charge in [-0.2, -0.15) is 5.10 Å². The molecule has 0 spiro atoms. The van der Waals surface area contributed by atoms with Gasteiger partial charge in [-0.05, 0) is 43.7 Å². The highest BCUT2D eigenvalue weighted by molar-refractivity contribution is 6.00. The van der Waals surface area contributed by atoms with Crippen LogP contribution in [0.3, 0.4) is 0 Å². The summed E-state index contributed by atoms with van der Waals surface area (Å²) in [4.78, 5) is 15.2. The van der Waals surface area contributed by atoms with Crippen LogP contribution in [0, 0.1) is 6.92 Å². The standard InChI is InChI=1S/C25H23N3O3/c1-3-30-19-12-10-18(11-13-19)24-21-22(17-8-6-16(2)7-9-17)26-27-23(21)25(29)28(24)15-20-5-4-14-31-20/h4-14,24H,3,15H2,1-2H3,(H,26,27). The van der Waals surface area contributed by atoms with Crippen molar-refractivity contribution in [2.45, 2.75) is 26.4 Å². The number of benzene rings is 2. The van der Waals surface area contributed by atoms with Crippen molar-refractivity contribution in [3.63, 3.8) is 0 Å². The highest BCUT2D eigenvalue weighted by Gasteiger charge is 2.42. The first-order chi connectivity index (χ1) is 15.2. The van der Waals surface area contributed by atoms with Crippen LogP contribution in [0.1, 0.15) is 45.9 Å². The normalized spacial score (nSPS) is 15.4. The summed E-state index contributed by atoms with van der Waals surface area (Å²) in [5.74, 6) is 1.45. The van der Waals surface area contributed by atoms with E-state index < -0.39 is 0 Å². The van der Waals surface area contributed by atoms with Crippen LogP contribution in [0.4, 0.5) is 0 Å². The van der Waals surface area contributed by atoms with Crippen molar-refractivity contribution in [2.75, 3.05) is 6.61 Å². The molecule has 1 aliphatic heterocycles. The van der Waals surface area contributed by atoms with Crippen molar-refractivity contribution in [1.29, 1.82) is 0 Å². The Balaban J connectivity index is 1.61. The van der Waals surface area contributed by atoms with Gasteiger partial charge in [0.2, 0.25) is 0 Å². The summed E-state index contributed by atoms with van der Waals surface area (Å²) < 4.78 is 11.1. The predicted octanol–water partition coefficient (Wildman–Crippen LogP) is 5.12. The van der Waals surface area contributed by atoms with Crippen LogP contribution >= 0.6 is 0 Å². The number of carbonyl (C=O) groups is 1. The number of fused-ring (bicyclic) bond motifs is 1. The topological polar surface area (TPSA) is 71.4 Å². The minimum Gasteiger partial charge on any atom is -0.494 e. The molecular formula is C25H23N3O3. The number of hydrogen-bond acceptors (Lipinski definition) is 4. The first-order valence-corrected chi connectivity index (χ1v) is 10.4. The van der Waals surface area contributed by atoms with Crippen LogP contribution in [0.5, 0.6) is 5.75 Å². The van der Waals surface area contributed by atoms with Gasteiger partial charge in [0.1, 0.15) is 17.2 Å². The average molecular weight is 413 g/mol. The summed E-state index contributed by atoms with van der Waals surface area (Å²) in [6.45, 7) is 4.99. The number of aromatic nitrogens is 2. The average Bonchev–Trinajstić information content (AvgIpc) is 3.50. The Morgan fingerprint density at radius 2 is 1.87 bits per heavy atom. The van der Waals surface area contributed by atoms with Gasteiger partial charge in [-0.3, -0.25) is 9.89 Å². The summed E-state index contributed by atoms with van der Waals surface area (Å²) in [7, 11) is 0. The second-order valence-electron chi connectivity index (χ2n) is 7.64. The van der Waals surface area contributed by atoms with Crippen molar-refractivity contribution >= 4 is 5.91 Å². The molecule has 6 nitrogen and oxygen atoms in total. The van der Waals surface area contributed by atoms with Gasteiger partial charge in [0.25, 0.3) is 5.91 Å². The summed E-state index contributed by atoms with van der Waals surface area (Å²) in [6, 6.07) is 19.5. The molecule has 1 aliphatic rings. The van der Waals surface area contributed by atoms with Gasteiger partial charge in [-0.15, -0.1) is 0 Å². The number of hydrogen-bond donors (Lipinski definition) is 1. The Hall–Kier alpha value is -3.80. The lowest BCUT2D eigenvalue weighted by Crippen LogP contribution is -2.28. The molecule has 1 unspecified atom stereocenters. The summed E-state index contributed by atoms with van der Waals surface area (Å²) in [5, 5.41) is 7.52. The molecule has 0 saturated heterocycles. The molecule has 156 valence electrons. The van der Waals surface area contributed by atoms with E-state index in [1.807, 2.05) is 60.4 Å². The van der Waals surface area contributed by atoms with Crippen LogP contribution < -0.4 is 4.74 Å². The van der Waals surface area contributed by atoms with Crippen LogP contribution in [0.15, 0.2) is 71.3 Å². The molecule has 6 heteroatoms. The number of furan rings is 1. The third-order valence-electron chi connectivity index (χ3n) is 5.60. The number of carbonyl (C=O) groups excluding carboxylic acids is 1. The van der Waals surface area contributed by atoms with Crippen LogP contribution in [0.25, 0.3) is 11.3 Å². The van der Waals surface area contributed by atoms with E-state index in [0.717, 1.165) is 33.9 Å². The van der Waals surface area contributed by atoms with Crippen molar-refractivity contribution in [1.82, 2.24) is 15.1 Å². The van der Waals surface area contributed by atoms with E-state index in [1.165, 1.54) is 5.56 Å². The zero-order chi connectivity index (χ0) is 21.4. The van der Waals surface area contributed by atoms with E-state index in [9.17, 15) is 4.79 Å². The third-order valence-corrected chi connectivity index (χ3v) is 5.60. The zero-order valence-corrected chi connectivity index (χ0v) is 17.5. The molecule has 5 rings (SSSR count). The Bertz CT molecular complexity index is 1190. The number of aromatic amines is 1. The van der Waals surface area contributed by atoms with Crippen LogP contribution in [-0.4, -0.2) is 27.6 Å². The lowest BCUT2D eigenvalue weighted by atomic mass is 9.95. The number of nitrogens with zero attached hydrogens (tertiary/aromatic N) is 2. The number of ether oxygens (including phenoxy) is 1. The van der Waals surface area contributed by atoms with Crippen LogP contribution in [0.2, 0.25) is 0 Å². The van der Waals surface area contributed by atoms with Gasteiger partial charge in [-0.1, -0.05) is 42.0 Å². The monoisotopic (exact) mass is 413 g/mol. The number of amides is 1. The van der Waals surface area contributed by atoms with Crippen LogP contribution in [-0.2, 0) is 6.54 Å². The highest BCUT2D eigenvalue weighted by Crippen LogP contribution is 2.43. The molecule has 1 atom stereocenters. The number of H-pyrrole nitrogens is 1. The molecule has 1 N–H and O–H groups in total. The molecule has 3 heterocycles. The van der Waals surface area contributed by atoms with Crippen molar-refractivity contribution in [3.8, 4) is 17.0 Å². The highest BCUT2D eigenvalue weighted by atomic mass is 16.5. The van der Waals surface area contributed by atoms with Gasteiger partial charge in [-0.25, -0.2) is 0 Å². The number of nitrogens with one attached hydrogen (secondary N) is 1. The molecule has 2 aromatic carbocycles. The lowest BCUT2D eigenvalue weighted by molar-refractivity contribution is 0.0717. The van der Waals surface area contributed by atoms with Crippen molar-refractivity contribution < 1.29 is 13.9 Å². The van der Waals surface area contributed by atoms with E-state index >= 15 is 0 Å². The molecule has 2 aromatic heterocycles. The largest absolute Gasteiger partial charge is 0.494 e. The smallest absolute Gasteiger partial charge is 0.273 e. The predicted molar refractivity (Wildman–Crippen MR) is 117 cm³/mol. The van der Waals surface area contributed by atoms with E-state index in [-0.39, 0.29) is 11.9 Å². The summed E-state index contributed by atoms with van der Waals surface area (Å²) in [6.07, 6.45) is 1.63. The summed E-state index contributed by atoms with van der Waals surface area (Å²) >= 11 is 0.